The highest BCUT2D eigenvalue weighted by atomic mass is 32.2. The van der Waals surface area contributed by atoms with Gasteiger partial charge in [-0.1, -0.05) is 29.8 Å². The molecule has 98 valence electrons. The molecule has 1 N–H and O–H groups in total. The third kappa shape index (κ3) is 3.09. The zero-order valence-corrected chi connectivity index (χ0v) is 11.5. The number of aromatic carboxylic acids is 1. The van der Waals surface area contributed by atoms with E-state index in [0.29, 0.717) is 4.90 Å². The summed E-state index contributed by atoms with van der Waals surface area (Å²) >= 11 is 0. The molecule has 0 aromatic heterocycles. The fraction of sp³-hybridized carbons (Fsp3) is 0.133. The van der Waals surface area contributed by atoms with Gasteiger partial charge >= 0.3 is 5.97 Å². The summed E-state index contributed by atoms with van der Waals surface area (Å²) in [6.07, 6.45) is 1.54. The second kappa shape index (κ2) is 5.36. The summed E-state index contributed by atoms with van der Waals surface area (Å²) < 4.78 is 11.6. The van der Waals surface area contributed by atoms with Gasteiger partial charge in [-0.2, -0.15) is 0 Å². The van der Waals surface area contributed by atoms with Gasteiger partial charge in [0.2, 0.25) is 0 Å². The number of carbonyl (C=O) groups is 1. The van der Waals surface area contributed by atoms with Crippen molar-refractivity contribution in [1.29, 1.82) is 0 Å². The summed E-state index contributed by atoms with van der Waals surface area (Å²) in [4.78, 5) is 11.6. The molecule has 0 aliphatic carbocycles. The van der Waals surface area contributed by atoms with Crippen molar-refractivity contribution in [2.75, 3.05) is 6.26 Å². The van der Waals surface area contributed by atoms with E-state index in [0.717, 1.165) is 16.7 Å². The molecular formula is C15H14O3S. The largest absolute Gasteiger partial charge is 0.478 e. The summed E-state index contributed by atoms with van der Waals surface area (Å²) in [5.41, 5.74) is 2.98. The molecule has 19 heavy (non-hydrogen) atoms. The van der Waals surface area contributed by atoms with E-state index in [1.807, 2.05) is 31.2 Å². The molecule has 0 aliphatic heterocycles. The van der Waals surface area contributed by atoms with Gasteiger partial charge in [0.05, 0.1) is 5.56 Å². The van der Waals surface area contributed by atoms with Crippen molar-refractivity contribution in [1.82, 2.24) is 0 Å². The molecule has 0 spiro atoms. The van der Waals surface area contributed by atoms with Crippen LogP contribution in [0.15, 0.2) is 47.4 Å². The van der Waals surface area contributed by atoms with Gasteiger partial charge < -0.3 is 5.11 Å². The summed E-state index contributed by atoms with van der Waals surface area (Å²) in [5.74, 6) is -1.01. The van der Waals surface area contributed by atoms with Crippen LogP contribution < -0.4 is 0 Å². The third-order valence-electron chi connectivity index (χ3n) is 2.87. The Morgan fingerprint density at radius 2 is 1.68 bits per heavy atom. The quantitative estimate of drug-likeness (QED) is 0.935. The molecule has 0 heterocycles. The van der Waals surface area contributed by atoms with Crippen molar-refractivity contribution in [2.24, 2.45) is 0 Å². The van der Waals surface area contributed by atoms with Crippen LogP contribution in [0.4, 0.5) is 0 Å². The number of hydrogen-bond donors (Lipinski definition) is 1. The molecule has 1 atom stereocenters. The number of benzene rings is 2. The van der Waals surface area contributed by atoms with Gasteiger partial charge in [0, 0.05) is 22.0 Å². The lowest BCUT2D eigenvalue weighted by molar-refractivity contribution is 0.0696. The fourth-order valence-electron chi connectivity index (χ4n) is 1.80. The van der Waals surface area contributed by atoms with Crippen LogP contribution in [0.2, 0.25) is 0 Å². The number of aryl methyl sites for hydroxylation is 1. The minimum atomic E-state index is -1.21. The van der Waals surface area contributed by atoms with E-state index in [2.05, 4.69) is 0 Å². The second-order valence-electron chi connectivity index (χ2n) is 4.37. The lowest BCUT2D eigenvalue weighted by atomic mass is 10.0. The van der Waals surface area contributed by atoms with Crippen molar-refractivity contribution in [2.45, 2.75) is 11.8 Å². The predicted octanol–water partition coefficient (Wildman–Crippen LogP) is 3.10. The first-order chi connectivity index (χ1) is 8.97. The van der Waals surface area contributed by atoms with E-state index in [1.54, 1.807) is 18.4 Å². The molecule has 2 aromatic carbocycles. The van der Waals surface area contributed by atoms with Gasteiger partial charge in [0.15, 0.2) is 0 Å². The summed E-state index contributed by atoms with van der Waals surface area (Å²) in [6, 6.07) is 12.6. The van der Waals surface area contributed by atoms with Crippen molar-refractivity contribution >= 4 is 16.8 Å². The second-order valence-corrected chi connectivity index (χ2v) is 5.75. The molecule has 0 saturated heterocycles. The van der Waals surface area contributed by atoms with E-state index in [-0.39, 0.29) is 5.56 Å². The maximum atomic E-state index is 11.6. The van der Waals surface area contributed by atoms with Crippen molar-refractivity contribution in [3.8, 4) is 11.1 Å². The zero-order valence-electron chi connectivity index (χ0n) is 10.7. The van der Waals surface area contributed by atoms with E-state index in [4.69, 9.17) is 5.11 Å². The number of carboxylic acid groups (broad SMARTS) is 1. The highest BCUT2D eigenvalue weighted by Gasteiger charge is 2.10. The highest BCUT2D eigenvalue weighted by molar-refractivity contribution is 7.84. The first kappa shape index (κ1) is 13.5. The maximum absolute atomic E-state index is 11.6. The average Bonchev–Trinajstić information content (AvgIpc) is 2.39. The molecule has 0 aliphatic rings. The van der Waals surface area contributed by atoms with E-state index in [1.165, 1.54) is 6.07 Å². The average molecular weight is 274 g/mol. The lowest BCUT2D eigenvalue weighted by Crippen LogP contribution is -1.99. The molecule has 1 unspecified atom stereocenters. The Bertz CT molecular complexity index is 613. The minimum absolute atomic E-state index is 0.156. The Hall–Kier alpha value is -1.94. The minimum Gasteiger partial charge on any atom is -0.478 e. The normalized spacial score (nSPS) is 12.1. The Labute approximate surface area is 114 Å². The molecular weight excluding hydrogens is 260 g/mol. The predicted molar refractivity (Wildman–Crippen MR) is 75.9 cm³/mol. The van der Waals surface area contributed by atoms with Crippen molar-refractivity contribution in [3.05, 3.63) is 53.6 Å². The highest BCUT2D eigenvalue weighted by Crippen LogP contribution is 2.24. The van der Waals surface area contributed by atoms with E-state index < -0.39 is 16.8 Å². The van der Waals surface area contributed by atoms with Crippen LogP contribution in [-0.2, 0) is 10.8 Å². The SMILES string of the molecule is Cc1ccc(-c2cc(C(=O)O)cc(S(C)=O)c2)cc1. The Morgan fingerprint density at radius 1 is 1.05 bits per heavy atom. The summed E-state index contributed by atoms with van der Waals surface area (Å²) in [6.45, 7) is 1.99. The Kier molecular flexibility index (Phi) is 3.81. The molecule has 0 fully saturated rings. The van der Waals surface area contributed by atoms with Gasteiger partial charge in [-0.15, -0.1) is 0 Å². The fourth-order valence-corrected chi connectivity index (χ4v) is 2.39. The number of carboxylic acids is 1. The molecule has 2 rings (SSSR count). The summed E-state index contributed by atoms with van der Waals surface area (Å²) in [5, 5.41) is 9.11. The first-order valence-electron chi connectivity index (χ1n) is 5.76. The van der Waals surface area contributed by atoms with Gasteiger partial charge in [0.1, 0.15) is 0 Å². The van der Waals surface area contributed by atoms with Gasteiger partial charge in [-0.05, 0) is 36.2 Å². The van der Waals surface area contributed by atoms with Crippen molar-refractivity contribution in [3.63, 3.8) is 0 Å². The van der Waals surface area contributed by atoms with Crippen LogP contribution in [-0.4, -0.2) is 21.5 Å². The number of rotatable bonds is 3. The number of hydrogen-bond acceptors (Lipinski definition) is 2. The lowest BCUT2D eigenvalue weighted by Gasteiger charge is -2.07. The maximum Gasteiger partial charge on any atom is 0.335 e. The topological polar surface area (TPSA) is 54.4 Å². The van der Waals surface area contributed by atoms with Gasteiger partial charge in [-0.3, -0.25) is 4.21 Å². The Morgan fingerprint density at radius 3 is 2.21 bits per heavy atom. The van der Waals surface area contributed by atoms with Crippen LogP contribution in [0.1, 0.15) is 15.9 Å². The van der Waals surface area contributed by atoms with E-state index >= 15 is 0 Å². The van der Waals surface area contributed by atoms with E-state index in [9.17, 15) is 9.00 Å². The molecule has 0 amide bonds. The molecule has 0 saturated carbocycles. The van der Waals surface area contributed by atoms with Crippen LogP contribution in [0.25, 0.3) is 11.1 Å². The monoisotopic (exact) mass is 274 g/mol. The van der Waals surface area contributed by atoms with Crippen LogP contribution in [0.5, 0.6) is 0 Å². The smallest absolute Gasteiger partial charge is 0.335 e. The van der Waals surface area contributed by atoms with Crippen LogP contribution in [0.3, 0.4) is 0 Å². The third-order valence-corrected chi connectivity index (χ3v) is 3.77. The Balaban J connectivity index is 2.59. The van der Waals surface area contributed by atoms with Crippen molar-refractivity contribution < 1.29 is 14.1 Å². The first-order valence-corrected chi connectivity index (χ1v) is 7.32. The zero-order chi connectivity index (χ0) is 14.0. The molecule has 2 aromatic rings. The molecule has 0 bridgehead atoms. The van der Waals surface area contributed by atoms with Gasteiger partial charge in [-0.25, -0.2) is 4.79 Å². The molecule has 4 heteroatoms. The van der Waals surface area contributed by atoms with Crippen LogP contribution in [0, 0.1) is 6.92 Å². The molecule has 3 nitrogen and oxygen atoms in total. The van der Waals surface area contributed by atoms with Gasteiger partial charge in [0.25, 0.3) is 0 Å². The summed E-state index contributed by atoms with van der Waals surface area (Å²) in [7, 11) is -1.21. The van der Waals surface area contributed by atoms with Crippen LogP contribution >= 0.6 is 0 Å². The standard InChI is InChI=1S/C15H14O3S/c1-10-3-5-11(6-4-10)12-7-13(15(16)17)9-14(8-12)19(2)18/h3-9H,1-2H3,(H,16,17). The molecule has 0 radical (unpaired) electrons.